The minimum absolute atomic E-state index is 0.0555. The molecule has 3 heteroatoms. The molecular formula is C20H26N2O. The highest BCUT2D eigenvalue weighted by Gasteiger charge is 2.35. The maximum Gasteiger partial charge on any atom is 0.0751 e. The molecule has 2 aromatic rings. The molecule has 3 nitrogen and oxygen atoms in total. The molecule has 23 heavy (non-hydrogen) atoms. The molecule has 0 aliphatic heterocycles. The van der Waals surface area contributed by atoms with E-state index in [2.05, 4.69) is 47.6 Å². The van der Waals surface area contributed by atoms with E-state index in [9.17, 15) is 5.11 Å². The average Bonchev–Trinajstić information content (AvgIpc) is 2.60. The Hall–Kier alpha value is -1.71. The van der Waals surface area contributed by atoms with Gasteiger partial charge in [0.15, 0.2) is 0 Å². The number of benzene rings is 1. The van der Waals surface area contributed by atoms with Crippen LogP contribution < -0.4 is 5.32 Å². The van der Waals surface area contributed by atoms with Crippen LogP contribution in [0.15, 0.2) is 54.7 Å². The van der Waals surface area contributed by atoms with Gasteiger partial charge in [-0.25, -0.2) is 0 Å². The van der Waals surface area contributed by atoms with E-state index in [1.807, 2.05) is 24.4 Å². The summed E-state index contributed by atoms with van der Waals surface area (Å²) in [4.78, 5) is 4.54. The van der Waals surface area contributed by atoms with Crippen molar-refractivity contribution in [3.05, 3.63) is 66.0 Å². The van der Waals surface area contributed by atoms with Crippen molar-refractivity contribution in [1.29, 1.82) is 0 Å². The Bertz CT molecular complexity index is 562. The molecule has 0 radical (unpaired) electrons. The van der Waals surface area contributed by atoms with Gasteiger partial charge in [0.25, 0.3) is 0 Å². The average molecular weight is 310 g/mol. The normalized spacial score (nSPS) is 25.9. The van der Waals surface area contributed by atoms with Gasteiger partial charge in [-0.3, -0.25) is 4.98 Å². The minimum Gasteiger partial charge on any atom is -0.393 e. The molecule has 0 saturated heterocycles. The van der Waals surface area contributed by atoms with Crippen molar-refractivity contribution >= 4 is 0 Å². The number of nitrogens with zero attached hydrogens (tertiary/aromatic N) is 1. The second-order valence-electron chi connectivity index (χ2n) is 6.89. The van der Waals surface area contributed by atoms with Gasteiger partial charge in [0.2, 0.25) is 0 Å². The maximum atomic E-state index is 10.4. The molecule has 3 unspecified atom stereocenters. The predicted molar refractivity (Wildman–Crippen MR) is 93.1 cm³/mol. The van der Waals surface area contributed by atoms with Gasteiger partial charge >= 0.3 is 0 Å². The van der Waals surface area contributed by atoms with Crippen molar-refractivity contribution in [2.45, 2.75) is 44.8 Å². The molecule has 2 N–H and O–H groups in total. The number of aliphatic hydroxyl groups excluding tert-OH is 1. The summed E-state index contributed by atoms with van der Waals surface area (Å²) < 4.78 is 0. The summed E-state index contributed by atoms with van der Waals surface area (Å²) in [6.45, 7) is 2.99. The first-order chi connectivity index (χ1) is 11.2. The fourth-order valence-electron chi connectivity index (χ4n) is 3.51. The van der Waals surface area contributed by atoms with Crippen molar-refractivity contribution in [3.8, 4) is 0 Å². The number of aliphatic hydroxyl groups is 1. The zero-order valence-corrected chi connectivity index (χ0v) is 13.8. The Morgan fingerprint density at radius 1 is 1.17 bits per heavy atom. The highest BCUT2D eigenvalue weighted by molar-refractivity contribution is 5.27. The zero-order valence-electron chi connectivity index (χ0n) is 13.8. The van der Waals surface area contributed by atoms with Crippen LogP contribution in [0.5, 0.6) is 0 Å². The van der Waals surface area contributed by atoms with Crippen LogP contribution in [-0.2, 0) is 0 Å². The quantitative estimate of drug-likeness (QED) is 0.885. The summed E-state index contributed by atoms with van der Waals surface area (Å²) >= 11 is 0. The minimum atomic E-state index is -0.219. The van der Waals surface area contributed by atoms with Crippen LogP contribution in [0.3, 0.4) is 0 Å². The maximum absolute atomic E-state index is 10.4. The lowest BCUT2D eigenvalue weighted by molar-refractivity contribution is 0.000258. The topological polar surface area (TPSA) is 45.2 Å². The molecule has 0 spiro atoms. The Kier molecular flexibility index (Phi) is 5.09. The lowest BCUT2D eigenvalue weighted by atomic mass is 9.73. The van der Waals surface area contributed by atoms with E-state index in [-0.39, 0.29) is 17.6 Å². The summed E-state index contributed by atoms with van der Waals surface area (Å²) in [6, 6.07) is 16.5. The first-order valence-corrected chi connectivity index (χ1v) is 8.56. The second-order valence-corrected chi connectivity index (χ2v) is 6.89. The van der Waals surface area contributed by atoms with Gasteiger partial charge in [-0.2, -0.15) is 0 Å². The van der Waals surface area contributed by atoms with Gasteiger partial charge < -0.3 is 10.4 Å². The van der Waals surface area contributed by atoms with Crippen molar-refractivity contribution in [3.63, 3.8) is 0 Å². The SMILES string of the molecule is CC1(CNC(c2ccccc2)c2ccccn2)CCCCC1O. The molecule has 1 heterocycles. The predicted octanol–water partition coefficient (Wildman–Crippen LogP) is 3.70. The van der Waals surface area contributed by atoms with Gasteiger partial charge in [-0.15, -0.1) is 0 Å². The highest BCUT2D eigenvalue weighted by atomic mass is 16.3. The molecule has 0 amide bonds. The molecule has 1 aliphatic carbocycles. The van der Waals surface area contributed by atoms with Crippen molar-refractivity contribution in [1.82, 2.24) is 10.3 Å². The summed E-state index contributed by atoms with van der Waals surface area (Å²) in [7, 11) is 0. The molecule has 1 aliphatic rings. The molecule has 1 fully saturated rings. The first-order valence-electron chi connectivity index (χ1n) is 8.56. The van der Waals surface area contributed by atoms with E-state index < -0.39 is 0 Å². The van der Waals surface area contributed by atoms with Crippen LogP contribution in [0, 0.1) is 5.41 Å². The van der Waals surface area contributed by atoms with E-state index in [1.54, 1.807) is 0 Å². The Balaban J connectivity index is 1.80. The van der Waals surface area contributed by atoms with Crippen LogP contribution in [0.25, 0.3) is 0 Å². The van der Waals surface area contributed by atoms with E-state index >= 15 is 0 Å². The highest BCUT2D eigenvalue weighted by Crippen LogP contribution is 2.36. The van der Waals surface area contributed by atoms with Crippen LogP contribution in [0.4, 0.5) is 0 Å². The lowest BCUT2D eigenvalue weighted by Gasteiger charge is -2.39. The molecule has 0 bridgehead atoms. The molecule has 1 aromatic carbocycles. The van der Waals surface area contributed by atoms with Gasteiger partial charge in [-0.1, -0.05) is 56.2 Å². The number of nitrogens with one attached hydrogen (secondary N) is 1. The fourth-order valence-corrected chi connectivity index (χ4v) is 3.51. The molecule has 1 saturated carbocycles. The third-order valence-electron chi connectivity index (χ3n) is 5.11. The zero-order chi connectivity index (χ0) is 16.1. The van der Waals surface area contributed by atoms with E-state index in [0.717, 1.165) is 31.5 Å². The van der Waals surface area contributed by atoms with E-state index in [4.69, 9.17) is 0 Å². The standard InChI is InChI=1S/C20H26N2O/c1-20(13-7-5-12-18(20)23)15-22-19(16-9-3-2-4-10-16)17-11-6-8-14-21-17/h2-4,6,8-11,14,18-19,22-23H,5,7,12-13,15H2,1H3. The largest absolute Gasteiger partial charge is 0.393 e. The summed E-state index contributed by atoms with van der Waals surface area (Å²) in [6.07, 6.45) is 5.95. The monoisotopic (exact) mass is 310 g/mol. The smallest absolute Gasteiger partial charge is 0.0751 e. The summed E-state index contributed by atoms with van der Waals surface area (Å²) in [5, 5.41) is 14.1. The molecule has 1 aromatic heterocycles. The Morgan fingerprint density at radius 3 is 2.65 bits per heavy atom. The van der Waals surface area contributed by atoms with Crippen molar-refractivity contribution in [2.24, 2.45) is 5.41 Å². The molecule has 3 atom stereocenters. The van der Waals surface area contributed by atoms with Gasteiger partial charge in [0.1, 0.15) is 0 Å². The Morgan fingerprint density at radius 2 is 1.96 bits per heavy atom. The summed E-state index contributed by atoms with van der Waals surface area (Å²) in [5.74, 6) is 0. The molecule has 3 rings (SSSR count). The Labute approximate surface area is 138 Å². The van der Waals surface area contributed by atoms with Crippen LogP contribution in [0.1, 0.15) is 49.9 Å². The van der Waals surface area contributed by atoms with Crippen molar-refractivity contribution < 1.29 is 5.11 Å². The second kappa shape index (κ2) is 7.24. The van der Waals surface area contributed by atoms with Crippen molar-refractivity contribution in [2.75, 3.05) is 6.54 Å². The summed E-state index contributed by atoms with van der Waals surface area (Å²) in [5.41, 5.74) is 2.17. The number of rotatable bonds is 5. The molecular weight excluding hydrogens is 284 g/mol. The first kappa shape index (κ1) is 16.2. The lowest BCUT2D eigenvalue weighted by Crippen LogP contribution is -2.44. The van der Waals surface area contributed by atoms with E-state index in [0.29, 0.717) is 0 Å². The fraction of sp³-hybridized carbons (Fsp3) is 0.450. The van der Waals surface area contributed by atoms with E-state index in [1.165, 1.54) is 12.0 Å². The van der Waals surface area contributed by atoms with Gasteiger partial charge in [0.05, 0.1) is 17.8 Å². The molecule has 122 valence electrons. The van der Waals surface area contributed by atoms with Crippen LogP contribution >= 0.6 is 0 Å². The number of pyridine rings is 1. The number of hydrogen-bond donors (Lipinski definition) is 2. The van der Waals surface area contributed by atoms with Gasteiger partial charge in [0, 0.05) is 18.2 Å². The van der Waals surface area contributed by atoms with Crippen LogP contribution in [-0.4, -0.2) is 22.7 Å². The third-order valence-corrected chi connectivity index (χ3v) is 5.11. The third kappa shape index (κ3) is 3.80. The van der Waals surface area contributed by atoms with Gasteiger partial charge in [-0.05, 0) is 30.5 Å². The number of hydrogen-bond acceptors (Lipinski definition) is 3. The van der Waals surface area contributed by atoms with Crippen LogP contribution in [0.2, 0.25) is 0 Å². The number of aromatic nitrogens is 1.